The Labute approximate surface area is 136 Å². The van der Waals surface area contributed by atoms with Gasteiger partial charge in [-0.2, -0.15) is 0 Å². The Balaban J connectivity index is 2.32. The van der Waals surface area contributed by atoms with E-state index in [0.717, 1.165) is 0 Å². The van der Waals surface area contributed by atoms with Gasteiger partial charge in [0.15, 0.2) is 0 Å². The first-order chi connectivity index (χ1) is 10.8. The summed E-state index contributed by atoms with van der Waals surface area (Å²) in [6.45, 7) is 4.22. The lowest BCUT2D eigenvalue weighted by Gasteiger charge is -2.10. The Morgan fingerprint density at radius 2 is 1.70 bits per heavy atom. The van der Waals surface area contributed by atoms with Crippen LogP contribution in [0.25, 0.3) is 11.1 Å². The van der Waals surface area contributed by atoms with Crippen molar-refractivity contribution in [1.29, 1.82) is 0 Å². The molecule has 2 rings (SSSR count). The van der Waals surface area contributed by atoms with E-state index in [1.807, 2.05) is 13.8 Å². The van der Waals surface area contributed by atoms with Gasteiger partial charge in [0.25, 0.3) is 0 Å². The standard InChI is InChI=1S/C17H19NO4S/c1-12(2)11-18-23(21,22)14-9-7-13(8-10-14)15-5-3-4-6-16(15)17(19)20/h3-10,12,18H,11H2,1-2H3,(H,19,20). The molecule has 0 radical (unpaired) electrons. The van der Waals surface area contributed by atoms with E-state index in [1.54, 1.807) is 30.3 Å². The molecule has 5 nitrogen and oxygen atoms in total. The number of aromatic carboxylic acids is 1. The number of carbonyl (C=O) groups is 1. The molecule has 0 aromatic heterocycles. The monoisotopic (exact) mass is 333 g/mol. The molecule has 23 heavy (non-hydrogen) atoms. The van der Waals surface area contributed by atoms with Crippen LogP contribution < -0.4 is 4.72 Å². The average molecular weight is 333 g/mol. The van der Waals surface area contributed by atoms with Crippen LogP contribution in [0.3, 0.4) is 0 Å². The van der Waals surface area contributed by atoms with Crippen molar-refractivity contribution in [2.45, 2.75) is 18.7 Å². The molecule has 0 atom stereocenters. The van der Waals surface area contributed by atoms with Crippen LogP contribution >= 0.6 is 0 Å². The number of rotatable bonds is 6. The summed E-state index contributed by atoms with van der Waals surface area (Å²) >= 11 is 0. The van der Waals surface area contributed by atoms with E-state index in [2.05, 4.69) is 4.72 Å². The molecule has 0 aliphatic carbocycles. The Bertz CT molecular complexity index is 796. The molecule has 0 aliphatic rings. The van der Waals surface area contributed by atoms with Gasteiger partial charge in [0.05, 0.1) is 10.5 Å². The zero-order valence-corrected chi connectivity index (χ0v) is 13.8. The predicted molar refractivity (Wildman–Crippen MR) is 88.9 cm³/mol. The molecule has 2 aromatic rings. The molecule has 6 heteroatoms. The van der Waals surface area contributed by atoms with Gasteiger partial charge < -0.3 is 5.11 Å². The summed E-state index contributed by atoms with van der Waals surface area (Å²) in [5, 5.41) is 9.23. The number of hydrogen-bond acceptors (Lipinski definition) is 3. The predicted octanol–water partition coefficient (Wildman–Crippen LogP) is 2.99. The first-order valence-electron chi connectivity index (χ1n) is 7.23. The first-order valence-corrected chi connectivity index (χ1v) is 8.72. The minimum atomic E-state index is -3.55. The van der Waals surface area contributed by atoms with Crippen LogP contribution in [-0.4, -0.2) is 26.0 Å². The highest BCUT2D eigenvalue weighted by Crippen LogP contribution is 2.25. The van der Waals surface area contributed by atoms with Gasteiger partial charge in [0.1, 0.15) is 0 Å². The van der Waals surface area contributed by atoms with Crippen LogP contribution in [0.5, 0.6) is 0 Å². The maximum absolute atomic E-state index is 12.2. The van der Waals surface area contributed by atoms with Gasteiger partial charge in [0.2, 0.25) is 10.0 Å². The van der Waals surface area contributed by atoms with Crippen molar-refractivity contribution < 1.29 is 18.3 Å². The molecule has 0 bridgehead atoms. The zero-order valence-electron chi connectivity index (χ0n) is 13.0. The van der Waals surface area contributed by atoms with Crippen molar-refractivity contribution in [3.63, 3.8) is 0 Å². The lowest BCUT2D eigenvalue weighted by Crippen LogP contribution is -2.27. The van der Waals surface area contributed by atoms with Gasteiger partial charge in [-0.1, -0.05) is 44.2 Å². The second-order valence-electron chi connectivity index (χ2n) is 5.62. The normalized spacial score (nSPS) is 11.6. The Kier molecular flexibility index (Phi) is 5.18. The van der Waals surface area contributed by atoms with E-state index < -0.39 is 16.0 Å². The highest BCUT2D eigenvalue weighted by atomic mass is 32.2. The van der Waals surface area contributed by atoms with Gasteiger partial charge in [-0.25, -0.2) is 17.9 Å². The van der Waals surface area contributed by atoms with E-state index in [1.165, 1.54) is 18.2 Å². The van der Waals surface area contributed by atoms with Crippen molar-refractivity contribution in [3.05, 3.63) is 54.1 Å². The van der Waals surface area contributed by atoms with Crippen LogP contribution in [0, 0.1) is 5.92 Å². The van der Waals surface area contributed by atoms with Crippen molar-refractivity contribution >= 4 is 16.0 Å². The summed E-state index contributed by atoms with van der Waals surface area (Å²) in [5.41, 5.74) is 1.39. The largest absolute Gasteiger partial charge is 0.478 e. The smallest absolute Gasteiger partial charge is 0.336 e. The molecule has 0 saturated heterocycles. The van der Waals surface area contributed by atoms with E-state index in [-0.39, 0.29) is 16.4 Å². The third kappa shape index (κ3) is 4.18. The van der Waals surface area contributed by atoms with E-state index in [4.69, 9.17) is 0 Å². The van der Waals surface area contributed by atoms with Gasteiger partial charge >= 0.3 is 5.97 Å². The fourth-order valence-electron chi connectivity index (χ4n) is 2.09. The Morgan fingerprint density at radius 3 is 2.26 bits per heavy atom. The summed E-state index contributed by atoms with van der Waals surface area (Å²) in [5.74, 6) is -0.803. The topological polar surface area (TPSA) is 83.5 Å². The summed E-state index contributed by atoms with van der Waals surface area (Å²) in [6, 6.07) is 12.8. The summed E-state index contributed by atoms with van der Waals surface area (Å²) in [6.07, 6.45) is 0. The van der Waals surface area contributed by atoms with Gasteiger partial charge in [0, 0.05) is 6.54 Å². The summed E-state index contributed by atoms with van der Waals surface area (Å²) in [7, 11) is -3.55. The molecule has 0 unspecified atom stereocenters. The molecule has 2 N–H and O–H groups in total. The van der Waals surface area contributed by atoms with Crippen LogP contribution in [0.2, 0.25) is 0 Å². The molecule has 0 fully saturated rings. The van der Waals surface area contributed by atoms with Crippen LogP contribution in [0.15, 0.2) is 53.4 Å². The minimum absolute atomic E-state index is 0.162. The second kappa shape index (κ2) is 6.93. The summed E-state index contributed by atoms with van der Waals surface area (Å²) < 4.78 is 26.9. The van der Waals surface area contributed by atoms with Crippen molar-refractivity contribution in [2.75, 3.05) is 6.54 Å². The van der Waals surface area contributed by atoms with Gasteiger partial charge in [-0.05, 0) is 35.2 Å². The molecule has 0 spiro atoms. The number of carboxylic acids is 1. The number of benzene rings is 2. The third-order valence-electron chi connectivity index (χ3n) is 3.31. The molecular formula is C17H19NO4S. The molecule has 2 aromatic carbocycles. The number of nitrogens with one attached hydrogen (secondary N) is 1. The van der Waals surface area contributed by atoms with Crippen LogP contribution in [-0.2, 0) is 10.0 Å². The lowest BCUT2D eigenvalue weighted by molar-refractivity contribution is 0.0697. The van der Waals surface area contributed by atoms with Crippen molar-refractivity contribution in [2.24, 2.45) is 5.92 Å². The van der Waals surface area contributed by atoms with Crippen molar-refractivity contribution in [3.8, 4) is 11.1 Å². The van der Waals surface area contributed by atoms with E-state index in [0.29, 0.717) is 17.7 Å². The van der Waals surface area contributed by atoms with Crippen LogP contribution in [0.4, 0.5) is 0 Å². The maximum Gasteiger partial charge on any atom is 0.336 e. The quantitative estimate of drug-likeness (QED) is 0.851. The summed E-state index contributed by atoms with van der Waals surface area (Å²) in [4.78, 5) is 11.4. The molecule has 0 aliphatic heterocycles. The fourth-order valence-corrected chi connectivity index (χ4v) is 3.31. The van der Waals surface area contributed by atoms with Gasteiger partial charge in [-0.3, -0.25) is 0 Å². The molecule has 0 heterocycles. The second-order valence-corrected chi connectivity index (χ2v) is 7.39. The first kappa shape index (κ1) is 17.2. The maximum atomic E-state index is 12.2. The number of carboxylic acid groups (broad SMARTS) is 1. The minimum Gasteiger partial charge on any atom is -0.478 e. The molecule has 122 valence electrons. The lowest BCUT2D eigenvalue weighted by atomic mass is 10.00. The highest BCUT2D eigenvalue weighted by molar-refractivity contribution is 7.89. The zero-order chi connectivity index (χ0) is 17.0. The van der Waals surface area contributed by atoms with Gasteiger partial charge in [-0.15, -0.1) is 0 Å². The number of sulfonamides is 1. The fraction of sp³-hybridized carbons (Fsp3) is 0.235. The van der Waals surface area contributed by atoms with Crippen molar-refractivity contribution in [1.82, 2.24) is 4.72 Å². The average Bonchev–Trinajstić information content (AvgIpc) is 2.53. The highest BCUT2D eigenvalue weighted by Gasteiger charge is 2.15. The Morgan fingerprint density at radius 1 is 1.09 bits per heavy atom. The SMILES string of the molecule is CC(C)CNS(=O)(=O)c1ccc(-c2ccccc2C(=O)O)cc1. The molecular weight excluding hydrogens is 314 g/mol. The third-order valence-corrected chi connectivity index (χ3v) is 4.75. The number of hydrogen-bond donors (Lipinski definition) is 2. The molecule has 0 amide bonds. The van der Waals surface area contributed by atoms with Crippen LogP contribution in [0.1, 0.15) is 24.2 Å². The van der Waals surface area contributed by atoms with E-state index in [9.17, 15) is 18.3 Å². The van der Waals surface area contributed by atoms with E-state index >= 15 is 0 Å². The Hall–Kier alpha value is -2.18. The molecule has 0 saturated carbocycles.